The van der Waals surface area contributed by atoms with Gasteiger partial charge in [-0.25, -0.2) is 0 Å². The molecule has 2 N–H and O–H groups in total. The molecule has 6 nitrogen and oxygen atoms in total. The Hall–Kier alpha value is -2.57. The van der Waals surface area contributed by atoms with Crippen LogP contribution in [0, 0.1) is 0 Å². The van der Waals surface area contributed by atoms with Crippen molar-refractivity contribution in [3.05, 3.63) is 60.2 Å². The smallest absolute Gasteiger partial charge is 0.220 e. The maximum Gasteiger partial charge on any atom is 0.220 e. The Bertz CT molecular complexity index is 842. The molecule has 0 aliphatic carbocycles. The average molecular weight is 441 g/mol. The maximum absolute atomic E-state index is 12.9. The van der Waals surface area contributed by atoms with Crippen LogP contribution in [-0.2, 0) is 4.79 Å². The third-order valence-electron chi connectivity index (χ3n) is 6.20. The molecule has 32 heavy (non-hydrogen) atoms. The second-order valence-corrected chi connectivity index (χ2v) is 8.51. The minimum absolute atomic E-state index is 0.0655. The van der Waals surface area contributed by atoms with Gasteiger partial charge >= 0.3 is 0 Å². The summed E-state index contributed by atoms with van der Waals surface area (Å²) >= 11 is 0. The number of amides is 1. The van der Waals surface area contributed by atoms with Crippen LogP contribution in [0.1, 0.15) is 50.7 Å². The highest BCUT2D eigenvalue weighted by Gasteiger charge is 2.27. The summed E-state index contributed by atoms with van der Waals surface area (Å²) in [5.41, 5.74) is 2.96. The maximum atomic E-state index is 12.9. The Morgan fingerprint density at radius 3 is 2.59 bits per heavy atom. The number of aliphatic hydroxyl groups excluding tert-OH is 1. The zero-order valence-corrected chi connectivity index (χ0v) is 19.1. The lowest BCUT2D eigenvalue weighted by molar-refractivity contribution is -0.122. The largest absolute Gasteiger partial charge is 0.486 e. The molecule has 174 valence electrons. The van der Waals surface area contributed by atoms with E-state index in [0.29, 0.717) is 49.7 Å². The van der Waals surface area contributed by atoms with Gasteiger partial charge in [0.2, 0.25) is 5.91 Å². The molecule has 1 aromatic rings. The summed E-state index contributed by atoms with van der Waals surface area (Å²) in [5, 5.41) is 14.3. The molecule has 6 heteroatoms. The number of ether oxygens (including phenoxy) is 2. The number of likely N-dealkylation sites (tertiary alicyclic amines) is 1. The van der Waals surface area contributed by atoms with E-state index in [2.05, 4.69) is 23.4 Å². The first-order chi connectivity index (χ1) is 15.5. The fourth-order valence-corrected chi connectivity index (χ4v) is 4.27. The van der Waals surface area contributed by atoms with E-state index in [1.165, 1.54) is 0 Å². The quantitative estimate of drug-likeness (QED) is 0.403. The molecule has 2 aliphatic heterocycles. The van der Waals surface area contributed by atoms with Crippen molar-refractivity contribution < 1.29 is 19.4 Å². The fourth-order valence-electron chi connectivity index (χ4n) is 4.27. The highest BCUT2D eigenvalue weighted by Crippen LogP contribution is 2.33. The van der Waals surface area contributed by atoms with Crippen LogP contribution in [0.25, 0.3) is 0 Å². The van der Waals surface area contributed by atoms with Gasteiger partial charge in [0.1, 0.15) is 19.3 Å². The van der Waals surface area contributed by atoms with Gasteiger partial charge < -0.3 is 24.8 Å². The van der Waals surface area contributed by atoms with Crippen molar-refractivity contribution in [3.63, 3.8) is 0 Å². The monoisotopic (exact) mass is 440 g/mol. The number of fused-ring (bicyclic) bond motifs is 1. The predicted molar refractivity (Wildman–Crippen MR) is 127 cm³/mol. The molecule has 1 aromatic carbocycles. The van der Waals surface area contributed by atoms with Crippen LogP contribution in [0.5, 0.6) is 11.5 Å². The van der Waals surface area contributed by atoms with E-state index >= 15 is 0 Å². The van der Waals surface area contributed by atoms with Crippen LogP contribution in [0.2, 0.25) is 0 Å². The number of allylic oxidation sites excluding steroid dienone is 4. The normalized spacial score (nSPS) is 18.4. The van der Waals surface area contributed by atoms with Crippen LogP contribution < -0.4 is 14.8 Å². The summed E-state index contributed by atoms with van der Waals surface area (Å²) in [5.74, 6) is 1.26. The lowest BCUT2D eigenvalue weighted by Gasteiger charge is -2.29. The third-order valence-corrected chi connectivity index (χ3v) is 6.20. The molecule has 2 atom stereocenters. The highest BCUT2D eigenvalue weighted by molar-refractivity contribution is 5.76. The first-order valence-electron chi connectivity index (χ1n) is 11.5. The number of nitrogens with one attached hydrogen (secondary N) is 1. The van der Waals surface area contributed by atoms with Crippen molar-refractivity contribution in [3.8, 4) is 11.5 Å². The van der Waals surface area contributed by atoms with Crippen molar-refractivity contribution in [2.75, 3.05) is 32.8 Å². The topological polar surface area (TPSA) is 71.0 Å². The second kappa shape index (κ2) is 11.9. The Morgan fingerprint density at radius 1 is 1.19 bits per heavy atom. The van der Waals surface area contributed by atoms with Gasteiger partial charge in [0.25, 0.3) is 0 Å². The molecule has 1 amide bonds. The minimum atomic E-state index is -0.839. The summed E-state index contributed by atoms with van der Waals surface area (Å²) < 4.78 is 11.3. The number of rotatable bonds is 11. The summed E-state index contributed by atoms with van der Waals surface area (Å²) in [7, 11) is 0. The predicted octanol–water partition coefficient (Wildman–Crippen LogP) is 3.93. The van der Waals surface area contributed by atoms with Gasteiger partial charge in [-0.15, -0.1) is 6.58 Å². The molecular formula is C26H36N2O4. The van der Waals surface area contributed by atoms with Crippen LogP contribution in [-0.4, -0.2) is 54.8 Å². The summed E-state index contributed by atoms with van der Waals surface area (Å²) in [6, 6.07) is 5.09. The van der Waals surface area contributed by atoms with Gasteiger partial charge in [-0.3, -0.25) is 4.79 Å². The Labute approximate surface area is 191 Å². The number of hydrogen-bond acceptors (Lipinski definition) is 5. The molecule has 0 unspecified atom stereocenters. The fraction of sp³-hybridized carbons (Fsp3) is 0.500. The van der Waals surface area contributed by atoms with Gasteiger partial charge in [0.15, 0.2) is 11.5 Å². The van der Waals surface area contributed by atoms with E-state index in [1.54, 1.807) is 0 Å². The van der Waals surface area contributed by atoms with Gasteiger partial charge in [-0.1, -0.05) is 35.9 Å². The first-order valence-corrected chi connectivity index (χ1v) is 11.5. The molecule has 0 aromatic heterocycles. The summed E-state index contributed by atoms with van der Waals surface area (Å²) in [6.45, 7) is 13.3. The zero-order valence-electron chi connectivity index (χ0n) is 19.1. The van der Waals surface area contributed by atoms with Gasteiger partial charge in [-0.05, 0) is 63.4 Å². The Morgan fingerprint density at radius 2 is 1.91 bits per heavy atom. The van der Waals surface area contributed by atoms with Crippen molar-refractivity contribution in [1.82, 2.24) is 10.2 Å². The SMILES string of the molecule is C=CC/C(CCC(=O)N[C@H](CN1CCCC1)[C@H](O)c1ccc2c(c1)OCCO2)=C(\C)C=C. The average Bonchev–Trinajstić information content (AvgIpc) is 3.33. The van der Waals surface area contributed by atoms with Crippen molar-refractivity contribution in [2.45, 2.75) is 51.2 Å². The minimum Gasteiger partial charge on any atom is -0.486 e. The van der Waals surface area contributed by atoms with E-state index < -0.39 is 12.1 Å². The molecule has 0 bridgehead atoms. The number of benzene rings is 1. The van der Waals surface area contributed by atoms with Gasteiger partial charge in [0.05, 0.1) is 6.04 Å². The summed E-state index contributed by atoms with van der Waals surface area (Å²) in [4.78, 5) is 15.2. The van der Waals surface area contributed by atoms with Crippen LogP contribution in [0.4, 0.5) is 0 Å². The van der Waals surface area contributed by atoms with Crippen LogP contribution in [0.15, 0.2) is 54.7 Å². The van der Waals surface area contributed by atoms with Crippen LogP contribution in [0.3, 0.4) is 0 Å². The number of carbonyl (C=O) groups is 1. The molecule has 2 heterocycles. The molecule has 1 fully saturated rings. The molecule has 3 rings (SSSR count). The number of carbonyl (C=O) groups excluding carboxylic acids is 1. The number of hydrogen-bond donors (Lipinski definition) is 2. The highest BCUT2D eigenvalue weighted by atomic mass is 16.6. The van der Waals surface area contributed by atoms with E-state index in [4.69, 9.17) is 9.47 Å². The van der Waals surface area contributed by atoms with Gasteiger partial charge in [0, 0.05) is 13.0 Å². The molecular weight excluding hydrogens is 404 g/mol. The molecule has 0 radical (unpaired) electrons. The molecule has 0 spiro atoms. The molecule has 0 saturated carbocycles. The molecule has 1 saturated heterocycles. The van der Waals surface area contributed by atoms with Crippen molar-refractivity contribution >= 4 is 5.91 Å². The van der Waals surface area contributed by atoms with E-state index in [0.717, 1.165) is 43.5 Å². The lowest BCUT2D eigenvalue weighted by atomic mass is 9.99. The lowest BCUT2D eigenvalue weighted by Crippen LogP contribution is -2.46. The van der Waals surface area contributed by atoms with Crippen LogP contribution >= 0.6 is 0 Å². The van der Waals surface area contributed by atoms with E-state index in [-0.39, 0.29) is 5.91 Å². The zero-order chi connectivity index (χ0) is 22.9. The Kier molecular flexibility index (Phi) is 8.94. The second-order valence-electron chi connectivity index (χ2n) is 8.51. The van der Waals surface area contributed by atoms with Gasteiger partial charge in [-0.2, -0.15) is 0 Å². The van der Waals surface area contributed by atoms with E-state index in [1.807, 2.05) is 37.3 Å². The number of nitrogens with zero attached hydrogens (tertiary/aromatic N) is 1. The Balaban J connectivity index is 1.70. The summed E-state index contributed by atoms with van der Waals surface area (Å²) in [6.07, 6.45) is 6.87. The first kappa shape index (κ1) is 24.1. The van der Waals surface area contributed by atoms with Crippen molar-refractivity contribution in [2.24, 2.45) is 0 Å². The number of aliphatic hydroxyl groups is 1. The van der Waals surface area contributed by atoms with Crippen molar-refractivity contribution in [1.29, 1.82) is 0 Å². The third kappa shape index (κ3) is 6.47. The standard InChI is InChI=1S/C26H36N2O4/c1-4-8-20(19(3)5-2)10-12-25(29)27-22(18-28-13-6-7-14-28)26(30)21-9-11-23-24(17-21)32-16-15-31-23/h4-5,9,11,17,22,26,30H,1-2,6-8,10,12-16,18H2,3H3,(H,27,29)/b20-19-/t22-,26-/m1/s1. The van der Waals surface area contributed by atoms with E-state index in [9.17, 15) is 9.90 Å². The molecule has 2 aliphatic rings.